The third-order valence-electron chi connectivity index (χ3n) is 3.44. The van der Waals surface area contributed by atoms with Gasteiger partial charge < -0.3 is 15.9 Å². The molecule has 0 aromatic heterocycles. The minimum Gasteiger partial charge on any atom is -0.381 e. The van der Waals surface area contributed by atoms with Gasteiger partial charge in [0.2, 0.25) is 6.10 Å². The summed E-state index contributed by atoms with van der Waals surface area (Å²) in [5.74, 6) is -0.145. The molecule has 0 bridgehead atoms. The minimum absolute atomic E-state index is 0.156. The van der Waals surface area contributed by atoms with E-state index in [0.717, 1.165) is 16.8 Å². The molecule has 6 heteroatoms. The SMILES string of the molecule is Cc1ccc(NC(=O)C(C)O/N=C(\N)c2cccc(Cl)c2)c(C)c1. The first-order valence-corrected chi connectivity index (χ1v) is 7.88. The van der Waals surface area contributed by atoms with Crippen LogP contribution in [0.5, 0.6) is 0 Å². The number of aryl methyl sites for hydroxylation is 2. The second-order valence-corrected chi connectivity index (χ2v) is 5.98. The lowest BCUT2D eigenvalue weighted by Gasteiger charge is -2.13. The van der Waals surface area contributed by atoms with Crippen molar-refractivity contribution in [3.8, 4) is 0 Å². The van der Waals surface area contributed by atoms with Crippen molar-refractivity contribution >= 4 is 29.0 Å². The van der Waals surface area contributed by atoms with E-state index >= 15 is 0 Å². The molecular formula is C18H20ClN3O2. The zero-order valence-electron chi connectivity index (χ0n) is 13.8. The quantitative estimate of drug-likeness (QED) is 0.493. The third kappa shape index (κ3) is 4.73. The van der Waals surface area contributed by atoms with Crippen LogP contribution in [0.4, 0.5) is 5.69 Å². The Labute approximate surface area is 146 Å². The Morgan fingerprint density at radius 1 is 1.25 bits per heavy atom. The zero-order valence-corrected chi connectivity index (χ0v) is 14.6. The van der Waals surface area contributed by atoms with Crippen molar-refractivity contribution in [3.63, 3.8) is 0 Å². The molecule has 2 rings (SSSR count). The van der Waals surface area contributed by atoms with Gasteiger partial charge in [-0.05, 0) is 44.5 Å². The zero-order chi connectivity index (χ0) is 17.7. The number of nitrogens with zero attached hydrogens (tertiary/aromatic N) is 1. The van der Waals surface area contributed by atoms with Gasteiger partial charge in [0, 0.05) is 16.3 Å². The summed E-state index contributed by atoms with van der Waals surface area (Å²) in [5, 5.41) is 7.17. The van der Waals surface area contributed by atoms with Gasteiger partial charge in [0.15, 0.2) is 5.84 Å². The maximum Gasteiger partial charge on any atom is 0.267 e. The molecule has 0 heterocycles. The number of rotatable bonds is 5. The Balaban J connectivity index is 1.99. The first-order valence-electron chi connectivity index (χ1n) is 7.50. The number of carbonyl (C=O) groups excluding carboxylic acids is 1. The Hall–Kier alpha value is -2.53. The minimum atomic E-state index is -0.788. The van der Waals surface area contributed by atoms with Crippen LogP contribution in [0.1, 0.15) is 23.6 Å². The summed E-state index contributed by atoms with van der Waals surface area (Å²) in [7, 11) is 0. The van der Waals surface area contributed by atoms with E-state index in [1.807, 2.05) is 32.0 Å². The molecule has 126 valence electrons. The Morgan fingerprint density at radius 2 is 2.00 bits per heavy atom. The fraction of sp³-hybridized carbons (Fsp3) is 0.222. The van der Waals surface area contributed by atoms with Crippen LogP contribution in [0.25, 0.3) is 0 Å². The number of hydrogen-bond donors (Lipinski definition) is 2. The molecule has 3 N–H and O–H groups in total. The van der Waals surface area contributed by atoms with Crippen LogP contribution in [0.15, 0.2) is 47.6 Å². The normalized spacial score (nSPS) is 12.6. The maximum absolute atomic E-state index is 12.2. The first-order chi connectivity index (χ1) is 11.4. The van der Waals surface area contributed by atoms with Gasteiger partial charge in [-0.15, -0.1) is 0 Å². The molecule has 1 amide bonds. The average Bonchev–Trinajstić information content (AvgIpc) is 2.54. The molecule has 1 unspecified atom stereocenters. The average molecular weight is 346 g/mol. The lowest BCUT2D eigenvalue weighted by Crippen LogP contribution is -2.27. The summed E-state index contributed by atoms with van der Waals surface area (Å²) in [6, 6.07) is 12.7. The van der Waals surface area contributed by atoms with Gasteiger partial charge >= 0.3 is 0 Å². The predicted molar refractivity (Wildman–Crippen MR) is 97.3 cm³/mol. The van der Waals surface area contributed by atoms with Crippen molar-refractivity contribution in [1.29, 1.82) is 0 Å². The summed E-state index contributed by atoms with van der Waals surface area (Å²) in [4.78, 5) is 17.4. The maximum atomic E-state index is 12.2. The monoisotopic (exact) mass is 345 g/mol. The molecular weight excluding hydrogens is 326 g/mol. The molecule has 0 aliphatic carbocycles. The molecule has 0 saturated heterocycles. The topological polar surface area (TPSA) is 76.7 Å². The van der Waals surface area contributed by atoms with Crippen molar-refractivity contribution < 1.29 is 9.63 Å². The number of hydrogen-bond acceptors (Lipinski definition) is 3. The highest BCUT2D eigenvalue weighted by Gasteiger charge is 2.15. The van der Waals surface area contributed by atoms with Crippen LogP contribution in [0.2, 0.25) is 5.02 Å². The van der Waals surface area contributed by atoms with Crippen molar-refractivity contribution in [2.75, 3.05) is 5.32 Å². The number of amidine groups is 1. The van der Waals surface area contributed by atoms with Crippen molar-refractivity contribution in [2.45, 2.75) is 26.9 Å². The van der Waals surface area contributed by atoms with Crippen LogP contribution < -0.4 is 11.1 Å². The van der Waals surface area contributed by atoms with E-state index in [2.05, 4.69) is 10.5 Å². The molecule has 0 fully saturated rings. The molecule has 0 aliphatic heterocycles. The smallest absolute Gasteiger partial charge is 0.267 e. The van der Waals surface area contributed by atoms with Crippen LogP contribution >= 0.6 is 11.6 Å². The highest BCUT2D eigenvalue weighted by molar-refractivity contribution is 6.31. The molecule has 5 nitrogen and oxygen atoms in total. The number of carbonyl (C=O) groups is 1. The van der Waals surface area contributed by atoms with Gasteiger partial charge in [-0.25, -0.2) is 0 Å². The number of anilines is 1. The lowest BCUT2D eigenvalue weighted by molar-refractivity contribution is -0.126. The van der Waals surface area contributed by atoms with Gasteiger partial charge in [-0.2, -0.15) is 0 Å². The number of halogens is 1. The summed E-state index contributed by atoms with van der Waals surface area (Å²) >= 11 is 5.90. The van der Waals surface area contributed by atoms with E-state index in [1.165, 1.54) is 0 Å². The third-order valence-corrected chi connectivity index (χ3v) is 3.67. The lowest BCUT2D eigenvalue weighted by atomic mass is 10.1. The Bertz CT molecular complexity index is 775. The van der Waals surface area contributed by atoms with E-state index in [4.69, 9.17) is 22.2 Å². The fourth-order valence-electron chi connectivity index (χ4n) is 2.07. The number of nitrogens with one attached hydrogen (secondary N) is 1. The molecule has 2 aromatic rings. The van der Waals surface area contributed by atoms with Gasteiger partial charge in [0.1, 0.15) is 0 Å². The van der Waals surface area contributed by atoms with Crippen molar-refractivity contribution in [1.82, 2.24) is 0 Å². The molecule has 0 spiro atoms. The number of benzene rings is 2. The number of nitrogens with two attached hydrogens (primary N) is 1. The summed E-state index contributed by atoms with van der Waals surface area (Å²) < 4.78 is 0. The van der Waals surface area contributed by atoms with Gasteiger partial charge in [0.25, 0.3) is 5.91 Å². The van der Waals surface area contributed by atoms with Gasteiger partial charge in [0.05, 0.1) is 0 Å². The van der Waals surface area contributed by atoms with E-state index in [1.54, 1.807) is 31.2 Å². The molecule has 0 radical (unpaired) electrons. The standard InChI is InChI=1S/C18H20ClN3O2/c1-11-7-8-16(12(2)9-11)21-18(23)13(3)24-22-17(20)14-5-4-6-15(19)10-14/h4-10,13H,1-3H3,(H2,20,22)(H,21,23). The van der Waals surface area contributed by atoms with Crippen LogP contribution in [-0.2, 0) is 9.63 Å². The molecule has 2 aromatic carbocycles. The summed E-state index contributed by atoms with van der Waals surface area (Å²) in [6.07, 6.45) is -0.788. The van der Waals surface area contributed by atoms with E-state index in [0.29, 0.717) is 10.6 Å². The molecule has 24 heavy (non-hydrogen) atoms. The second kappa shape index (κ2) is 7.84. The highest BCUT2D eigenvalue weighted by Crippen LogP contribution is 2.16. The van der Waals surface area contributed by atoms with Crippen LogP contribution in [0, 0.1) is 13.8 Å². The first kappa shape index (κ1) is 17.8. The van der Waals surface area contributed by atoms with E-state index < -0.39 is 6.10 Å². The second-order valence-electron chi connectivity index (χ2n) is 5.54. The van der Waals surface area contributed by atoms with Crippen molar-refractivity contribution in [2.24, 2.45) is 10.9 Å². The van der Waals surface area contributed by atoms with E-state index in [-0.39, 0.29) is 11.7 Å². The highest BCUT2D eigenvalue weighted by atomic mass is 35.5. The van der Waals surface area contributed by atoms with Gasteiger partial charge in [-0.3, -0.25) is 4.79 Å². The van der Waals surface area contributed by atoms with Crippen molar-refractivity contribution in [3.05, 3.63) is 64.2 Å². The summed E-state index contributed by atoms with van der Waals surface area (Å²) in [6.45, 7) is 5.54. The molecule has 0 saturated carbocycles. The number of oxime groups is 1. The van der Waals surface area contributed by atoms with Crippen LogP contribution in [-0.4, -0.2) is 17.8 Å². The fourth-order valence-corrected chi connectivity index (χ4v) is 2.26. The Kier molecular flexibility index (Phi) is 5.82. The largest absolute Gasteiger partial charge is 0.381 e. The Morgan fingerprint density at radius 3 is 2.67 bits per heavy atom. The van der Waals surface area contributed by atoms with Gasteiger partial charge in [-0.1, -0.05) is 46.6 Å². The number of amides is 1. The predicted octanol–water partition coefficient (Wildman–Crippen LogP) is 3.62. The summed E-state index contributed by atoms with van der Waals surface area (Å²) in [5.41, 5.74) is 9.33. The molecule has 0 aliphatic rings. The van der Waals surface area contributed by atoms with E-state index in [9.17, 15) is 4.79 Å². The van der Waals surface area contributed by atoms with Crippen LogP contribution in [0.3, 0.4) is 0 Å². The molecule has 1 atom stereocenters.